The minimum Gasteiger partial charge on any atom is -0.373 e. The fourth-order valence-corrected chi connectivity index (χ4v) is 3.40. The summed E-state index contributed by atoms with van der Waals surface area (Å²) in [7, 11) is 0. The zero-order chi connectivity index (χ0) is 17.6. The molecule has 0 radical (unpaired) electrons. The summed E-state index contributed by atoms with van der Waals surface area (Å²) in [6.45, 7) is 6.70. The van der Waals surface area contributed by atoms with Crippen molar-refractivity contribution in [1.29, 1.82) is 0 Å². The van der Waals surface area contributed by atoms with Gasteiger partial charge < -0.3 is 10.1 Å². The van der Waals surface area contributed by atoms with Gasteiger partial charge in [-0.3, -0.25) is 9.69 Å². The Bertz CT molecular complexity index is 692. The number of amides is 1. The SMILES string of the molecule is C[C@@H]1CN(CCC(=O)Nc2ccccc2-c2ccccc2)C[C@H](C)O1. The average Bonchev–Trinajstić information content (AvgIpc) is 2.60. The highest BCUT2D eigenvalue weighted by Crippen LogP contribution is 2.27. The number of rotatable bonds is 5. The van der Waals surface area contributed by atoms with E-state index < -0.39 is 0 Å². The zero-order valence-corrected chi connectivity index (χ0v) is 14.9. The van der Waals surface area contributed by atoms with Crippen LogP contribution in [0.15, 0.2) is 54.6 Å². The monoisotopic (exact) mass is 338 g/mol. The highest BCUT2D eigenvalue weighted by molar-refractivity contribution is 5.95. The summed E-state index contributed by atoms with van der Waals surface area (Å²) in [6.07, 6.45) is 0.944. The van der Waals surface area contributed by atoms with Crippen LogP contribution < -0.4 is 5.32 Å². The Morgan fingerprint density at radius 1 is 1.04 bits per heavy atom. The Hall–Kier alpha value is -2.17. The molecule has 0 unspecified atom stereocenters. The molecule has 25 heavy (non-hydrogen) atoms. The van der Waals surface area contributed by atoms with Crippen molar-refractivity contribution in [1.82, 2.24) is 4.90 Å². The predicted octanol–water partition coefficient (Wildman–Crippen LogP) is 3.79. The van der Waals surface area contributed by atoms with Gasteiger partial charge in [0.1, 0.15) is 0 Å². The first-order chi connectivity index (χ1) is 12.1. The maximum atomic E-state index is 12.4. The maximum Gasteiger partial charge on any atom is 0.225 e. The Morgan fingerprint density at radius 3 is 2.40 bits per heavy atom. The van der Waals surface area contributed by atoms with E-state index in [4.69, 9.17) is 4.74 Å². The normalized spacial score (nSPS) is 21.0. The summed E-state index contributed by atoms with van der Waals surface area (Å²) in [5.41, 5.74) is 3.02. The van der Waals surface area contributed by atoms with E-state index >= 15 is 0 Å². The molecule has 3 rings (SSSR count). The second kappa shape index (κ2) is 8.28. The van der Waals surface area contributed by atoms with Crippen molar-refractivity contribution >= 4 is 11.6 Å². The minimum absolute atomic E-state index is 0.0511. The van der Waals surface area contributed by atoms with Crippen LogP contribution in [0.1, 0.15) is 20.3 Å². The number of hydrogen-bond donors (Lipinski definition) is 1. The number of carbonyl (C=O) groups is 1. The summed E-state index contributed by atoms with van der Waals surface area (Å²) in [5, 5.41) is 3.07. The Morgan fingerprint density at radius 2 is 1.68 bits per heavy atom. The van der Waals surface area contributed by atoms with Gasteiger partial charge in [0.15, 0.2) is 0 Å². The predicted molar refractivity (Wildman–Crippen MR) is 102 cm³/mol. The van der Waals surface area contributed by atoms with Crippen LogP contribution >= 0.6 is 0 Å². The number of carbonyl (C=O) groups excluding carboxylic acids is 1. The van der Waals surface area contributed by atoms with Crippen molar-refractivity contribution in [2.45, 2.75) is 32.5 Å². The van der Waals surface area contributed by atoms with Gasteiger partial charge in [-0.15, -0.1) is 0 Å². The first kappa shape index (κ1) is 17.6. The van der Waals surface area contributed by atoms with E-state index in [-0.39, 0.29) is 18.1 Å². The van der Waals surface area contributed by atoms with Gasteiger partial charge in [0.25, 0.3) is 0 Å². The van der Waals surface area contributed by atoms with Crippen molar-refractivity contribution in [3.63, 3.8) is 0 Å². The zero-order valence-electron chi connectivity index (χ0n) is 14.9. The molecule has 1 fully saturated rings. The van der Waals surface area contributed by atoms with Gasteiger partial charge in [0.2, 0.25) is 5.91 Å². The van der Waals surface area contributed by atoms with E-state index in [1.54, 1.807) is 0 Å². The quantitative estimate of drug-likeness (QED) is 0.902. The number of morpholine rings is 1. The standard InChI is InChI=1S/C21H26N2O2/c1-16-14-23(15-17(2)25-16)13-12-21(24)22-20-11-7-6-10-19(20)18-8-4-3-5-9-18/h3-11,16-17H,12-15H2,1-2H3,(H,22,24)/t16-,17+. The summed E-state index contributed by atoms with van der Waals surface area (Å²) in [6, 6.07) is 18.1. The van der Waals surface area contributed by atoms with Crippen LogP contribution in [0.25, 0.3) is 11.1 Å². The molecule has 1 saturated heterocycles. The van der Waals surface area contributed by atoms with Gasteiger partial charge in [-0.1, -0.05) is 48.5 Å². The second-order valence-corrected chi connectivity index (χ2v) is 6.73. The molecule has 2 aromatic rings. The van der Waals surface area contributed by atoms with Crippen LogP contribution in [0, 0.1) is 0 Å². The molecule has 1 heterocycles. The molecule has 132 valence electrons. The number of ether oxygens (including phenoxy) is 1. The van der Waals surface area contributed by atoms with Crippen LogP contribution in [-0.4, -0.2) is 42.6 Å². The van der Waals surface area contributed by atoms with E-state index in [0.717, 1.165) is 36.4 Å². The Balaban J connectivity index is 1.60. The molecule has 0 bridgehead atoms. The van der Waals surface area contributed by atoms with Gasteiger partial charge in [0, 0.05) is 37.3 Å². The number of nitrogens with zero attached hydrogens (tertiary/aromatic N) is 1. The van der Waals surface area contributed by atoms with E-state index in [1.807, 2.05) is 42.5 Å². The highest BCUT2D eigenvalue weighted by atomic mass is 16.5. The lowest BCUT2D eigenvalue weighted by atomic mass is 10.0. The molecule has 4 heteroatoms. The van der Waals surface area contributed by atoms with Gasteiger partial charge in [0.05, 0.1) is 12.2 Å². The minimum atomic E-state index is 0.0511. The third-order valence-electron chi connectivity index (χ3n) is 4.44. The Labute approximate surface area is 149 Å². The second-order valence-electron chi connectivity index (χ2n) is 6.73. The van der Waals surface area contributed by atoms with Gasteiger partial charge >= 0.3 is 0 Å². The molecule has 0 spiro atoms. The first-order valence-electron chi connectivity index (χ1n) is 8.94. The Kier molecular flexibility index (Phi) is 5.84. The van der Waals surface area contributed by atoms with Crippen molar-refractivity contribution < 1.29 is 9.53 Å². The van der Waals surface area contributed by atoms with E-state index in [2.05, 4.69) is 36.2 Å². The van der Waals surface area contributed by atoms with Crippen LogP contribution in [0.5, 0.6) is 0 Å². The van der Waals surface area contributed by atoms with E-state index in [9.17, 15) is 4.79 Å². The van der Waals surface area contributed by atoms with Crippen molar-refractivity contribution in [2.75, 3.05) is 25.0 Å². The third kappa shape index (κ3) is 4.91. The van der Waals surface area contributed by atoms with Crippen molar-refractivity contribution in [2.24, 2.45) is 0 Å². The number of nitrogens with one attached hydrogen (secondary N) is 1. The van der Waals surface area contributed by atoms with Gasteiger partial charge in [-0.2, -0.15) is 0 Å². The maximum absolute atomic E-state index is 12.4. The van der Waals surface area contributed by atoms with Crippen LogP contribution in [0.3, 0.4) is 0 Å². The van der Waals surface area contributed by atoms with Crippen molar-refractivity contribution in [3.8, 4) is 11.1 Å². The molecule has 1 aliphatic rings. The summed E-state index contributed by atoms with van der Waals surface area (Å²) in [4.78, 5) is 14.7. The molecule has 0 aliphatic carbocycles. The number of para-hydroxylation sites is 1. The summed E-state index contributed by atoms with van der Waals surface area (Å²) >= 11 is 0. The third-order valence-corrected chi connectivity index (χ3v) is 4.44. The van der Waals surface area contributed by atoms with Crippen molar-refractivity contribution in [3.05, 3.63) is 54.6 Å². The topological polar surface area (TPSA) is 41.6 Å². The molecule has 2 atom stereocenters. The molecule has 1 aliphatic heterocycles. The number of hydrogen-bond acceptors (Lipinski definition) is 3. The van der Waals surface area contributed by atoms with Gasteiger partial charge in [-0.25, -0.2) is 0 Å². The molecular formula is C21H26N2O2. The molecule has 0 aromatic heterocycles. The average molecular weight is 338 g/mol. The van der Waals surface area contributed by atoms with Crippen LogP contribution in [0.2, 0.25) is 0 Å². The first-order valence-corrected chi connectivity index (χ1v) is 8.94. The fourth-order valence-electron chi connectivity index (χ4n) is 3.40. The van der Waals surface area contributed by atoms with E-state index in [1.165, 1.54) is 0 Å². The molecule has 0 saturated carbocycles. The fraction of sp³-hybridized carbons (Fsp3) is 0.381. The largest absolute Gasteiger partial charge is 0.373 e. The number of benzene rings is 2. The number of anilines is 1. The molecule has 1 amide bonds. The molecule has 1 N–H and O–H groups in total. The smallest absolute Gasteiger partial charge is 0.225 e. The lowest BCUT2D eigenvalue weighted by molar-refractivity contribution is -0.117. The molecular weight excluding hydrogens is 312 g/mol. The van der Waals surface area contributed by atoms with Gasteiger partial charge in [-0.05, 0) is 25.5 Å². The molecule has 2 aromatic carbocycles. The van der Waals surface area contributed by atoms with Crippen LogP contribution in [0.4, 0.5) is 5.69 Å². The van der Waals surface area contributed by atoms with E-state index in [0.29, 0.717) is 6.42 Å². The summed E-state index contributed by atoms with van der Waals surface area (Å²) < 4.78 is 5.74. The lowest BCUT2D eigenvalue weighted by Crippen LogP contribution is -2.46. The van der Waals surface area contributed by atoms with Crippen LogP contribution in [-0.2, 0) is 9.53 Å². The highest BCUT2D eigenvalue weighted by Gasteiger charge is 2.22. The lowest BCUT2D eigenvalue weighted by Gasteiger charge is -2.35. The summed E-state index contributed by atoms with van der Waals surface area (Å²) in [5.74, 6) is 0.0511. The molecule has 4 nitrogen and oxygen atoms in total.